The standard InChI is InChI=1S/C23H33N5O4S/c1-16-11-14-28(15-12-16)22(29)18(8-5-13-26-23(24)25)27-33(30,31)20-10-4-7-17-6-3-9-19(32-2)21(17)20/h3-4,6-7,9-10,16,18,27H,5,8,11-15H2,1-2H3,(H4,24,25,26). The van der Waals surface area contributed by atoms with Crippen LogP contribution in [0.15, 0.2) is 46.3 Å². The molecule has 1 aliphatic heterocycles. The van der Waals surface area contributed by atoms with Gasteiger partial charge in [0.15, 0.2) is 5.96 Å². The molecule has 2 aromatic carbocycles. The number of carbonyl (C=O) groups excluding carboxylic acids is 1. The Morgan fingerprint density at radius 3 is 2.52 bits per heavy atom. The second-order valence-corrected chi connectivity index (χ2v) is 10.1. The topological polar surface area (TPSA) is 140 Å². The van der Waals surface area contributed by atoms with Crippen LogP contribution in [0.1, 0.15) is 32.6 Å². The molecule has 5 N–H and O–H groups in total. The van der Waals surface area contributed by atoms with Crippen LogP contribution in [-0.4, -0.2) is 58.0 Å². The van der Waals surface area contributed by atoms with Gasteiger partial charge >= 0.3 is 0 Å². The van der Waals surface area contributed by atoms with Crippen molar-refractivity contribution < 1.29 is 17.9 Å². The molecule has 0 spiro atoms. The number of benzene rings is 2. The van der Waals surface area contributed by atoms with E-state index in [0.717, 1.165) is 18.2 Å². The summed E-state index contributed by atoms with van der Waals surface area (Å²) in [6, 6.07) is 9.46. The molecular formula is C23H33N5O4S. The van der Waals surface area contributed by atoms with Crippen molar-refractivity contribution in [3.05, 3.63) is 36.4 Å². The van der Waals surface area contributed by atoms with E-state index in [9.17, 15) is 13.2 Å². The van der Waals surface area contributed by atoms with Gasteiger partial charge in [0.05, 0.1) is 12.0 Å². The second kappa shape index (κ2) is 10.8. The molecular weight excluding hydrogens is 442 g/mol. The molecule has 1 unspecified atom stereocenters. The maximum absolute atomic E-state index is 13.5. The summed E-state index contributed by atoms with van der Waals surface area (Å²) in [5, 5.41) is 1.21. The number of nitrogens with zero attached hydrogens (tertiary/aromatic N) is 2. The first-order chi connectivity index (χ1) is 15.7. The quantitative estimate of drug-likeness (QED) is 0.287. The number of ether oxygens (including phenoxy) is 1. The molecule has 1 saturated heterocycles. The van der Waals surface area contributed by atoms with Crippen LogP contribution < -0.4 is 20.9 Å². The summed E-state index contributed by atoms with van der Waals surface area (Å²) in [4.78, 5) is 19.1. The van der Waals surface area contributed by atoms with Crippen LogP contribution >= 0.6 is 0 Å². The number of likely N-dealkylation sites (tertiary alicyclic amines) is 1. The number of hydrogen-bond acceptors (Lipinski definition) is 5. The number of sulfonamides is 1. The van der Waals surface area contributed by atoms with Gasteiger partial charge in [-0.2, -0.15) is 4.72 Å². The van der Waals surface area contributed by atoms with Crippen molar-refractivity contribution in [1.29, 1.82) is 0 Å². The maximum atomic E-state index is 13.5. The number of nitrogens with one attached hydrogen (secondary N) is 1. The molecule has 33 heavy (non-hydrogen) atoms. The Labute approximate surface area is 195 Å². The SMILES string of the molecule is COc1cccc2cccc(S(=O)(=O)NC(CCCN=C(N)N)C(=O)N3CCC(C)CC3)c12. The van der Waals surface area contributed by atoms with E-state index in [2.05, 4.69) is 16.6 Å². The Morgan fingerprint density at radius 2 is 1.88 bits per heavy atom. The van der Waals surface area contributed by atoms with Crippen molar-refractivity contribution in [2.75, 3.05) is 26.7 Å². The van der Waals surface area contributed by atoms with Crippen molar-refractivity contribution in [2.24, 2.45) is 22.4 Å². The highest BCUT2D eigenvalue weighted by Gasteiger charge is 2.31. The van der Waals surface area contributed by atoms with Gasteiger partial charge in [-0.05, 0) is 49.1 Å². The fourth-order valence-corrected chi connectivity index (χ4v) is 5.57. The van der Waals surface area contributed by atoms with E-state index in [1.807, 2.05) is 12.1 Å². The van der Waals surface area contributed by atoms with E-state index < -0.39 is 16.1 Å². The van der Waals surface area contributed by atoms with E-state index in [-0.39, 0.29) is 23.2 Å². The third-order valence-electron chi connectivity index (χ3n) is 5.97. The summed E-state index contributed by atoms with van der Waals surface area (Å²) in [5.74, 6) is 0.747. The van der Waals surface area contributed by atoms with Gasteiger partial charge in [-0.1, -0.05) is 31.2 Å². The lowest BCUT2D eigenvalue weighted by atomic mass is 9.98. The van der Waals surface area contributed by atoms with E-state index in [1.165, 1.54) is 13.2 Å². The molecule has 2 aromatic rings. The molecule has 1 amide bonds. The molecule has 9 nitrogen and oxygen atoms in total. The molecule has 1 atom stereocenters. The van der Waals surface area contributed by atoms with Crippen LogP contribution in [0.5, 0.6) is 5.75 Å². The Kier molecular flexibility index (Phi) is 8.15. The molecule has 1 aliphatic rings. The Balaban J connectivity index is 1.90. The minimum Gasteiger partial charge on any atom is -0.496 e. The zero-order valence-corrected chi connectivity index (χ0v) is 20.0. The number of hydrogen-bond donors (Lipinski definition) is 3. The largest absolute Gasteiger partial charge is 0.496 e. The third kappa shape index (κ3) is 6.14. The van der Waals surface area contributed by atoms with Crippen molar-refractivity contribution in [1.82, 2.24) is 9.62 Å². The van der Waals surface area contributed by atoms with Gasteiger partial charge in [0.2, 0.25) is 15.9 Å². The van der Waals surface area contributed by atoms with E-state index in [0.29, 0.717) is 43.1 Å². The average molecular weight is 476 g/mol. The van der Waals surface area contributed by atoms with Gasteiger partial charge in [-0.3, -0.25) is 9.79 Å². The number of methoxy groups -OCH3 is 1. The predicted octanol–water partition coefficient (Wildman–Crippen LogP) is 1.81. The molecule has 1 fully saturated rings. The summed E-state index contributed by atoms with van der Waals surface area (Å²) in [6.45, 7) is 3.71. The summed E-state index contributed by atoms with van der Waals surface area (Å²) in [7, 11) is -2.53. The number of rotatable bonds is 9. The number of fused-ring (bicyclic) bond motifs is 1. The normalized spacial score (nSPS) is 15.9. The zero-order valence-electron chi connectivity index (χ0n) is 19.2. The highest BCUT2D eigenvalue weighted by molar-refractivity contribution is 7.89. The van der Waals surface area contributed by atoms with Crippen molar-refractivity contribution in [3.8, 4) is 5.75 Å². The van der Waals surface area contributed by atoms with Gasteiger partial charge < -0.3 is 21.1 Å². The zero-order chi connectivity index (χ0) is 24.0. The average Bonchev–Trinajstić information content (AvgIpc) is 2.80. The maximum Gasteiger partial charge on any atom is 0.242 e. The highest BCUT2D eigenvalue weighted by atomic mass is 32.2. The van der Waals surface area contributed by atoms with Crippen molar-refractivity contribution in [3.63, 3.8) is 0 Å². The minimum atomic E-state index is -4.03. The number of carbonyl (C=O) groups is 1. The van der Waals surface area contributed by atoms with E-state index in [1.54, 1.807) is 23.1 Å². The smallest absolute Gasteiger partial charge is 0.242 e. The molecule has 0 saturated carbocycles. The summed E-state index contributed by atoms with van der Waals surface area (Å²) in [6.07, 6.45) is 2.54. The van der Waals surface area contributed by atoms with Gasteiger partial charge in [0.1, 0.15) is 11.8 Å². The number of guanidine groups is 1. The summed E-state index contributed by atoms with van der Waals surface area (Å²) in [5.41, 5.74) is 10.8. The molecule has 0 aromatic heterocycles. The Morgan fingerprint density at radius 1 is 1.21 bits per heavy atom. The fraction of sp³-hybridized carbons (Fsp3) is 0.478. The highest BCUT2D eigenvalue weighted by Crippen LogP contribution is 2.31. The van der Waals surface area contributed by atoms with Crippen molar-refractivity contribution in [2.45, 2.75) is 43.5 Å². The summed E-state index contributed by atoms with van der Waals surface area (Å²) < 4.78 is 35.1. The van der Waals surface area contributed by atoms with Crippen LogP contribution in [0.4, 0.5) is 0 Å². The summed E-state index contributed by atoms with van der Waals surface area (Å²) >= 11 is 0. The van der Waals surface area contributed by atoms with Gasteiger partial charge in [-0.15, -0.1) is 0 Å². The number of nitrogens with two attached hydrogens (primary N) is 2. The van der Waals surface area contributed by atoms with E-state index >= 15 is 0 Å². The third-order valence-corrected chi connectivity index (χ3v) is 7.49. The lowest BCUT2D eigenvalue weighted by molar-refractivity contribution is -0.134. The second-order valence-electron chi connectivity index (χ2n) is 8.45. The molecule has 0 radical (unpaired) electrons. The van der Waals surface area contributed by atoms with Crippen LogP contribution in [0.2, 0.25) is 0 Å². The van der Waals surface area contributed by atoms with Crippen molar-refractivity contribution >= 4 is 32.7 Å². The first-order valence-corrected chi connectivity index (χ1v) is 12.6. The van der Waals surface area contributed by atoms with Gasteiger partial charge in [-0.25, -0.2) is 8.42 Å². The number of aliphatic imine (C=N–C) groups is 1. The first kappa shape index (κ1) is 24.8. The minimum absolute atomic E-state index is 0.0358. The van der Waals surface area contributed by atoms with Crippen LogP contribution in [0.25, 0.3) is 10.8 Å². The van der Waals surface area contributed by atoms with Crippen LogP contribution in [0, 0.1) is 5.92 Å². The molecule has 10 heteroatoms. The molecule has 3 rings (SSSR count). The molecule has 180 valence electrons. The molecule has 1 heterocycles. The first-order valence-electron chi connectivity index (χ1n) is 11.1. The fourth-order valence-electron chi connectivity index (χ4n) is 4.10. The van der Waals surface area contributed by atoms with Crippen LogP contribution in [0.3, 0.4) is 0 Å². The van der Waals surface area contributed by atoms with E-state index in [4.69, 9.17) is 16.2 Å². The number of piperidine rings is 1. The molecule has 0 aliphatic carbocycles. The number of amides is 1. The van der Waals surface area contributed by atoms with Gasteiger partial charge in [0.25, 0.3) is 0 Å². The predicted molar refractivity (Wildman–Crippen MR) is 129 cm³/mol. The Bertz CT molecular complexity index is 1100. The van der Waals surface area contributed by atoms with Gasteiger partial charge in [0, 0.05) is 25.0 Å². The lowest BCUT2D eigenvalue weighted by Crippen LogP contribution is -2.50. The molecule has 0 bridgehead atoms. The van der Waals surface area contributed by atoms with Crippen LogP contribution in [-0.2, 0) is 14.8 Å². The Hall–Kier alpha value is -2.85. The monoisotopic (exact) mass is 475 g/mol. The lowest BCUT2D eigenvalue weighted by Gasteiger charge is -2.33.